The number of ether oxygens (including phenoxy) is 1. The second-order valence-electron chi connectivity index (χ2n) is 6.61. The molecule has 0 N–H and O–H groups in total. The van der Waals surface area contributed by atoms with Crippen LogP contribution in [0.3, 0.4) is 0 Å². The van der Waals surface area contributed by atoms with Crippen LogP contribution in [0.4, 0.5) is 24.5 Å². The predicted octanol–water partition coefficient (Wildman–Crippen LogP) is 3.60. The quantitative estimate of drug-likeness (QED) is 0.544. The van der Waals surface area contributed by atoms with E-state index in [0.717, 1.165) is 24.5 Å². The minimum absolute atomic E-state index is 0.166. The highest BCUT2D eigenvalue weighted by Crippen LogP contribution is 2.35. The van der Waals surface area contributed by atoms with Gasteiger partial charge < -0.3 is 9.64 Å². The van der Waals surface area contributed by atoms with Gasteiger partial charge in [-0.25, -0.2) is 8.42 Å². The molecule has 1 unspecified atom stereocenters. The highest BCUT2D eigenvalue weighted by Gasteiger charge is 2.31. The molecule has 29 heavy (non-hydrogen) atoms. The van der Waals surface area contributed by atoms with Crippen molar-refractivity contribution >= 4 is 21.2 Å². The Morgan fingerprint density at radius 3 is 2.38 bits per heavy atom. The molecule has 0 aromatic heterocycles. The van der Waals surface area contributed by atoms with Gasteiger partial charge in [0.2, 0.25) is 0 Å². The number of benzene rings is 2. The zero-order chi connectivity index (χ0) is 21.4. The first-order chi connectivity index (χ1) is 13.5. The van der Waals surface area contributed by atoms with Crippen LogP contribution in [-0.2, 0) is 20.8 Å². The van der Waals surface area contributed by atoms with Gasteiger partial charge >= 0.3 is 6.18 Å². The molecule has 7 nitrogen and oxygen atoms in total. The predicted molar refractivity (Wildman–Crippen MR) is 98.6 cm³/mol. The van der Waals surface area contributed by atoms with E-state index in [2.05, 4.69) is 0 Å². The number of anilines is 1. The topological polar surface area (TPSA) is 89.8 Å². The molecule has 0 amide bonds. The summed E-state index contributed by atoms with van der Waals surface area (Å²) in [6.45, 7) is 0.692. The van der Waals surface area contributed by atoms with Gasteiger partial charge in [-0.1, -0.05) is 12.1 Å². The summed E-state index contributed by atoms with van der Waals surface area (Å²) in [6, 6.07) is 8.22. The lowest BCUT2D eigenvalue weighted by Gasteiger charge is -2.34. The molecule has 3 rings (SSSR count). The van der Waals surface area contributed by atoms with Crippen LogP contribution in [0.15, 0.2) is 47.4 Å². The fraction of sp³-hybridized carbons (Fsp3) is 0.333. The van der Waals surface area contributed by atoms with Crippen molar-refractivity contribution in [1.29, 1.82) is 0 Å². The van der Waals surface area contributed by atoms with E-state index in [9.17, 15) is 31.7 Å². The second-order valence-corrected chi connectivity index (χ2v) is 8.62. The maximum Gasteiger partial charge on any atom is 0.416 e. The molecule has 1 saturated heterocycles. The van der Waals surface area contributed by atoms with Crippen LogP contribution in [0, 0.1) is 10.1 Å². The molecule has 1 fully saturated rings. The summed E-state index contributed by atoms with van der Waals surface area (Å²) in [7, 11) is -3.62. The van der Waals surface area contributed by atoms with Crippen LogP contribution in [-0.4, -0.2) is 39.3 Å². The average molecular weight is 430 g/mol. The number of hydrogen-bond donors (Lipinski definition) is 0. The summed E-state index contributed by atoms with van der Waals surface area (Å²) >= 11 is 0. The van der Waals surface area contributed by atoms with E-state index in [1.165, 1.54) is 24.3 Å². The minimum Gasteiger partial charge on any atom is -0.370 e. The molecule has 0 saturated carbocycles. The third-order valence-electron chi connectivity index (χ3n) is 4.59. The van der Waals surface area contributed by atoms with Gasteiger partial charge in [0.05, 0.1) is 22.0 Å². The van der Waals surface area contributed by atoms with Crippen LogP contribution in [0.5, 0.6) is 0 Å². The van der Waals surface area contributed by atoms with Gasteiger partial charge in [0.15, 0.2) is 9.84 Å². The van der Waals surface area contributed by atoms with Crippen molar-refractivity contribution < 1.29 is 31.2 Å². The van der Waals surface area contributed by atoms with Crippen LogP contribution in [0.1, 0.15) is 17.2 Å². The molecular weight excluding hydrogens is 413 g/mol. The van der Waals surface area contributed by atoms with Crippen molar-refractivity contribution in [3.05, 3.63) is 63.7 Å². The van der Waals surface area contributed by atoms with Crippen molar-refractivity contribution in [3.63, 3.8) is 0 Å². The van der Waals surface area contributed by atoms with E-state index in [1.807, 2.05) is 0 Å². The number of nitro groups is 1. The SMILES string of the molecule is CS(=O)(=O)c1ccc(N2CCOC(c3ccc(C(F)(F)F)cc3)C2)c([N+](=O)[O-])c1. The molecule has 2 aromatic carbocycles. The number of alkyl halides is 3. The maximum atomic E-state index is 12.7. The number of rotatable bonds is 4. The Hall–Kier alpha value is -2.66. The van der Waals surface area contributed by atoms with E-state index in [4.69, 9.17) is 4.74 Å². The maximum absolute atomic E-state index is 12.7. The summed E-state index contributed by atoms with van der Waals surface area (Å²) in [5, 5.41) is 11.5. The summed E-state index contributed by atoms with van der Waals surface area (Å²) in [5.74, 6) is 0. The molecule has 0 radical (unpaired) electrons. The number of nitro benzene ring substituents is 1. The number of nitrogens with zero attached hydrogens (tertiary/aromatic N) is 2. The van der Waals surface area contributed by atoms with E-state index in [0.29, 0.717) is 12.1 Å². The summed E-state index contributed by atoms with van der Waals surface area (Å²) in [5.41, 5.74) is -0.400. The first-order valence-electron chi connectivity index (χ1n) is 8.49. The third kappa shape index (κ3) is 4.67. The van der Waals surface area contributed by atoms with Gasteiger partial charge in [0.25, 0.3) is 5.69 Å². The largest absolute Gasteiger partial charge is 0.416 e. The van der Waals surface area contributed by atoms with Crippen molar-refractivity contribution in [2.24, 2.45) is 0 Å². The Balaban J connectivity index is 1.88. The van der Waals surface area contributed by atoms with Crippen molar-refractivity contribution in [1.82, 2.24) is 0 Å². The van der Waals surface area contributed by atoms with Gasteiger partial charge in [-0.05, 0) is 29.8 Å². The van der Waals surface area contributed by atoms with Gasteiger partial charge in [-0.2, -0.15) is 13.2 Å². The van der Waals surface area contributed by atoms with Gasteiger partial charge in [0, 0.05) is 25.4 Å². The fourth-order valence-electron chi connectivity index (χ4n) is 3.10. The van der Waals surface area contributed by atoms with Gasteiger partial charge in [-0.3, -0.25) is 10.1 Å². The molecule has 1 heterocycles. The highest BCUT2D eigenvalue weighted by molar-refractivity contribution is 7.90. The van der Waals surface area contributed by atoms with Gasteiger partial charge in [0.1, 0.15) is 11.8 Å². The normalized spacial score (nSPS) is 17.9. The first-order valence-corrected chi connectivity index (χ1v) is 10.4. The van der Waals surface area contributed by atoms with Crippen LogP contribution in [0.2, 0.25) is 0 Å². The van der Waals surface area contributed by atoms with Gasteiger partial charge in [-0.15, -0.1) is 0 Å². The standard InChI is InChI=1S/C18H17F3N2O5S/c1-29(26,27)14-6-7-15(16(10-14)23(24)25)22-8-9-28-17(11-22)12-2-4-13(5-3-12)18(19,20)21/h2-7,10,17H,8-9,11H2,1H3. The van der Waals surface area contributed by atoms with Crippen molar-refractivity contribution in [2.45, 2.75) is 17.2 Å². The molecule has 0 bridgehead atoms. The Morgan fingerprint density at radius 2 is 1.83 bits per heavy atom. The van der Waals surface area contributed by atoms with Crippen molar-refractivity contribution in [2.75, 3.05) is 30.9 Å². The zero-order valence-electron chi connectivity index (χ0n) is 15.2. The number of hydrogen-bond acceptors (Lipinski definition) is 6. The lowest BCUT2D eigenvalue weighted by molar-refractivity contribution is -0.384. The molecule has 156 valence electrons. The second kappa shape index (κ2) is 7.64. The smallest absolute Gasteiger partial charge is 0.370 e. The van der Waals surface area contributed by atoms with Crippen molar-refractivity contribution in [3.8, 4) is 0 Å². The Bertz CT molecular complexity index is 1020. The Kier molecular flexibility index (Phi) is 5.54. The van der Waals surface area contributed by atoms with Crippen LogP contribution >= 0.6 is 0 Å². The van der Waals surface area contributed by atoms with E-state index in [1.54, 1.807) is 4.90 Å². The summed E-state index contributed by atoms with van der Waals surface area (Å²) in [4.78, 5) is 12.3. The first kappa shape index (κ1) is 21.1. The number of halogens is 3. The summed E-state index contributed by atoms with van der Waals surface area (Å²) < 4.78 is 67.2. The number of sulfone groups is 1. The minimum atomic E-state index is -4.44. The molecule has 1 aliphatic heterocycles. The molecular formula is C18H17F3N2O5S. The molecule has 0 aliphatic carbocycles. The third-order valence-corrected chi connectivity index (χ3v) is 5.70. The zero-order valence-corrected chi connectivity index (χ0v) is 16.0. The van der Waals surface area contributed by atoms with Crippen LogP contribution < -0.4 is 4.90 Å². The number of morpholine rings is 1. The molecule has 2 aromatic rings. The average Bonchev–Trinajstić information content (AvgIpc) is 2.66. The summed E-state index contributed by atoms with van der Waals surface area (Å²) in [6.07, 6.45) is -4.07. The molecule has 0 spiro atoms. The van der Waals surface area contributed by atoms with E-state index in [-0.39, 0.29) is 29.4 Å². The lowest BCUT2D eigenvalue weighted by Crippen LogP contribution is -2.38. The fourth-order valence-corrected chi connectivity index (χ4v) is 3.74. The molecule has 11 heteroatoms. The highest BCUT2D eigenvalue weighted by atomic mass is 32.2. The monoisotopic (exact) mass is 430 g/mol. The van der Waals surface area contributed by atoms with Crippen LogP contribution in [0.25, 0.3) is 0 Å². The van der Waals surface area contributed by atoms with E-state index >= 15 is 0 Å². The molecule has 1 atom stereocenters. The molecule has 1 aliphatic rings. The Morgan fingerprint density at radius 1 is 1.17 bits per heavy atom. The Labute approximate surface area is 164 Å². The van der Waals surface area contributed by atoms with E-state index < -0.39 is 32.6 Å². The lowest BCUT2D eigenvalue weighted by atomic mass is 10.0.